The summed E-state index contributed by atoms with van der Waals surface area (Å²) >= 11 is 0. The van der Waals surface area contributed by atoms with Crippen molar-refractivity contribution in [3.8, 4) is 0 Å². The molecule has 0 radical (unpaired) electrons. The number of aromatic nitrogens is 2. The molecule has 2 aromatic carbocycles. The Bertz CT molecular complexity index is 1320. The lowest BCUT2D eigenvalue weighted by Crippen LogP contribution is -2.38. The van der Waals surface area contributed by atoms with Crippen LogP contribution in [0, 0.1) is 12.7 Å². The molecule has 2 heterocycles. The summed E-state index contributed by atoms with van der Waals surface area (Å²) in [5, 5.41) is 21.8. The third kappa shape index (κ3) is 3.90. The zero-order valence-electron chi connectivity index (χ0n) is 20.1. The lowest BCUT2D eigenvalue weighted by Gasteiger charge is -2.23. The van der Waals surface area contributed by atoms with E-state index < -0.39 is 35.6 Å². The minimum atomic E-state index is -3.71. The Morgan fingerprint density at radius 1 is 1.26 bits per heavy atom. The van der Waals surface area contributed by atoms with Crippen LogP contribution in [0.25, 0.3) is 10.8 Å². The number of nitrogens with zero attached hydrogens (tertiary/aromatic N) is 3. The molecule has 1 aromatic heterocycles. The number of rotatable bonds is 7. The summed E-state index contributed by atoms with van der Waals surface area (Å²) in [5.74, 6) is -4.70. The number of hydrogen-bond donors (Lipinski definition) is 2. The van der Waals surface area contributed by atoms with E-state index in [1.807, 2.05) is 13.0 Å². The number of aliphatic hydroxyl groups is 1. The molecule has 1 aliphatic heterocycles. The summed E-state index contributed by atoms with van der Waals surface area (Å²) < 4.78 is 48.8. The molecule has 1 aliphatic rings. The van der Waals surface area contributed by atoms with E-state index >= 15 is 0 Å². The molecule has 2 atom stereocenters. The second-order valence-corrected chi connectivity index (χ2v) is 8.82. The Kier molecular flexibility index (Phi) is 6.23. The summed E-state index contributed by atoms with van der Waals surface area (Å²) in [6, 6.07) is 6.56. The lowest BCUT2D eigenvalue weighted by atomic mass is 9.94. The summed E-state index contributed by atoms with van der Waals surface area (Å²) in [5.41, 5.74) is -0.0393. The van der Waals surface area contributed by atoms with E-state index in [0.717, 1.165) is 11.5 Å². The molecule has 35 heavy (non-hydrogen) atoms. The number of hydrogen-bond acceptors (Lipinski definition) is 6. The van der Waals surface area contributed by atoms with Gasteiger partial charge in [0.15, 0.2) is 11.4 Å². The van der Waals surface area contributed by atoms with Crippen molar-refractivity contribution >= 4 is 28.2 Å². The van der Waals surface area contributed by atoms with Crippen molar-refractivity contribution < 1.29 is 27.8 Å². The van der Waals surface area contributed by atoms with Crippen LogP contribution in [-0.2, 0) is 21.1 Å². The number of likely N-dealkylation sites (N-methyl/N-ethyl adjacent to an activating group) is 1. The number of aryl methyl sites for hydroxylation is 1. The van der Waals surface area contributed by atoms with Crippen LogP contribution in [-0.4, -0.2) is 41.5 Å². The smallest absolute Gasteiger partial charge is 0.298 e. The van der Waals surface area contributed by atoms with Gasteiger partial charge in [0.2, 0.25) is 0 Å². The molecule has 1 unspecified atom stereocenters. The highest BCUT2D eigenvalue weighted by atomic mass is 19.3. The Morgan fingerprint density at radius 3 is 2.63 bits per heavy atom. The van der Waals surface area contributed by atoms with E-state index in [2.05, 4.69) is 15.5 Å². The Hall–Kier alpha value is -3.24. The van der Waals surface area contributed by atoms with Crippen LogP contribution in [0.2, 0.25) is 0 Å². The van der Waals surface area contributed by atoms with E-state index in [9.17, 15) is 18.0 Å². The van der Waals surface area contributed by atoms with E-state index in [-0.39, 0.29) is 11.5 Å². The molecule has 10 heteroatoms. The maximum atomic E-state index is 15.0. The van der Waals surface area contributed by atoms with Gasteiger partial charge in [0.1, 0.15) is 12.4 Å². The maximum Gasteiger partial charge on any atom is 0.298 e. The van der Waals surface area contributed by atoms with E-state index in [1.165, 1.54) is 17.0 Å². The zero-order chi connectivity index (χ0) is 25.7. The molecule has 3 aromatic rings. The fourth-order valence-electron chi connectivity index (χ4n) is 4.59. The van der Waals surface area contributed by atoms with Crippen LogP contribution >= 0.6 is 0 Å². The second-order valence-electron chi connectivity index (χ2n) is 8.82. The van der Waals surface area contributed by atoms with E-state index in [4.69, 9.17) is 9.84 Å². The number of halogens is 3. The van der Waals surface area contributed by atoms with Gasteiger partial charge in [-0.1, -0.05) is 12.1 Å². The van der Waals surface area contributed by atoms with Crippen LogP contribution in [0.5, 0.6) is 0 Å². The molecule has 0 saturated heterocycles. The number of amides is 1. The van der Waals surface area contributed by atoms with Crippen molar-refractivity contribution in [2.45, 2.75) is 45.3 Å². The van der Waals surface area contributed by atoms with E-state index in [0.29, 0.717) is 34.8 Å². The van der Waals surface area contributed by atoms with Crippen LogP contribution in [0.3, 0.4) is 0 Å². The number of benzene rings is 2. The van der Waals surface area contributed by atoms with Gasteiger partial charge >= 0.3 is 0 Å². The first-order valence-corrected chi connectivity index (χ1v) is 11.2. The Labute approximate surface area is 200 Å². The first-order valence-electron chi connectivity index (χ1n) is 11.2. The van der Waals surface area contributed by atoms with Gasteiger partial charge in [-0.3, -0.25) is 4.79 Å². The molecule has 1 amide bonds. The summed E-state index contributed by atoms with van der Waals surface area (Å²) in [4.78, 5) is 14.5. The molecular weight excluding hydrogens is 461 g/mol. The number of carbonyl (C=O) groups excluding carboxylic acids is 1. The molecular formula is C25H27F3N4O3. The fourth-order valence-corrected chi connectivity index (χ4v) is 4.59. The first-order chi connectivity index (χ1) is 16.5. The van der Waals surface area contributed by atoms with Crippen molar-refractivity contribution in [3.63, 3.8) is 0 Å². The average molecular weight is 489 g/mol. The summed E-state index contributed by atoms with van der Waals surface area (Å²) in [6.45, 7) is 5.81. The SMILES string of the molecule is CCOC1(C)C(=O)N(C)c2cc3c(N[C@H](C)c4cccc(C(F)(F)CO)c4F)nnc(C)c3cc21. The van der Waals surface area contributed by atoms with Crippen LogP contribution in [0.1, 0.15) is 49.2 Å². The summed E-state index contributed by atoms with van der Waals surface area (Å²) in [7, 11) is 1.66. The maximum absolute atomic E-state index is 15.0. The highest BCUT2D eigenvalue weighted by Gasteiger charge is 2.47. The third-order valence-corrected chi connectivity index (χ3v) is 6.54. The predicted molar refractivity (Wildman–Crippen MR) is 126 cm³/mol. The topological polar surface area (TPSA) is 87.6 Å². The second kappa shape index (κ2) is 8.76. The molecule has 0 saturated carbocycles. The molecule has 0 aliphatic carbocycles. The van der Waals surface area contributed by atoms with Gasteiger partial charge < -0.3 is 20.1 Å². The van der Waals surface area contributed by atoms with Gasteiger partial charge in [-0.25, -0.2) is 4.39 Å². The highest BCUT2D eigenvalue weighted by molar-refractivity contribution is 6.10. The molecule has 0 bridgehead atoms. The van der Waals surface area contributed by atoms with Gasteiger partial charge in [0.25, 0.3) is 11.8 Å². The monoisotopic (exact) mass is 488 g/mol. The normalized spacial score (nSPS) is 18.8. The number of ether oxygens (including phenoxy) is 1. The summed E-state index contributed by atoms with van der Waals surface area (Å²) in [6.07, 6.45) is 0. The van der Waals surface area contributed by atoms with Crippen molar-refractivity contribution in [2.75, 3.05) is 30.5 Å². The molecule has 2 N–H and O–H groups in total. The van der Waals surface area contributed by atoms with Gasteiger partial charge in [0.05, 0.1) is 23.0 Å². The average Bonchev–Trinajstić information content (AvgIpc) is 3.01. The fraction of sp³-hybridized carbons (Fsp3) is 0.400. The van der Waals surface area contributed by atoms with Crippen molar-refractivity contribution in [1.29, 1.82) is 0 Å². The Morgan fingerprint density at radius 2 is 1.97 bits per heavy atom. The van der Waals surface area contributed by atoms with Crippen LogP contribution in [0.4, 0.5) is 24.7 Å². The Balaban J connectivity index is 1.80. The van der Waals surface area contributed by atoms with Gasteiger partial charge in [-0.2, -0.15) is 13.9 Å². The van der Waals surface area contributed by atoms with Gasteiger partial charge in [-0.15, -0.1) is 5.10 Å². The first kappa shape index (κ1) is 24.9. The number of alkyl halides is 2. The molecule has 4 rings (SSSR count). The van der Waals surface area contributed by atoms with E-state index in [1.54, 1.807) is 33.9 Å². The number of nitrogens with one attached hydrogen (secondary N) is 1. The standard InChI is InChI=1S/C25H27F3N4O3/c1-6-35-24(4)19-10-16-14(3)30-31-22(17(16)11-20(19)32(5)23(24)34)29-13(2)15-8-7-9-18(21(15)26)25(27,28)12-33/h7-11,13,33H,6,12H2,1-5H3,(H,29,31)/t13-,24?/m1/s1. The van der Waals surface area contributed by atoms with Crippen molar-refractivity contribution in [1.82, 2.24) is 10.2 Å². The zero-order valence-corrected chi connectivity index (χ0v) is 20.1. The third-order valence-electron chi connectivity index (χ3n) is 6.54. The number of fused-ring (bicyclic) bond motifs is 2. The number of anilines is 2. The largest absolute Gasteiger partial charge is 0.390 e. The van der Waals surface area contributed by atoms with Crippen LogP contribution < -0.4 is 10.2 Å². The lowest BCUT2D eigenvalue weighted by molar-refractivity contribution is -0.140. The molecule has 0 fully saturated rings. The number of aliphatic hydroxyl groups excluding tert-OH is 1. The van der Waals surface area contributed by atoms with Crippen molar-refractivity contribution in [2.24, 2.45) is 0 Å². The van der Waals surface area contributed by atoms with Crippen LogP contribution in [0.15, 0.2) is 30.3 Å². The molecule has 7 nitrogen and oxygen atoms in total. The van der Waals surface area contributed by atoms with Gasteiger partial charge in [0, 0.05) is 35.6 Å². The minimum absolute atomic E-state index is 0.0106. The predicted octanol–water partition coefficient (Wildman–Crippen LogP) is 4.56. The molecule has 186 valence electrons. The number of carbonyl (C=O) groups is 1. The van der Waals surface area contributed by atoms with Crippen molar-refractivity contribution in [3.05, 3.63) is 58.5 Å². The van der Waals surface area contributed by atoms with Gasteiger partial charge in [-0.05, 0) is 45.9 Å². The quantitative estimate of drug-likeness (QED) is 0.507. The highest BCUT2D eigenvalue weighted by Crippen LogP contribution is 2.45. The minimum Gasteiger partial charge on any atom is -0.390 e. The molecule has 0 spiro atoms.